The zero-order valence-corrected chi connectivity index (χ0v) is 21.7. The number of carbonyl (C=O) groups is 1. The summed E-state index contributed by atoms with van der Waals surface area (Å²) in [6, 6.07) is 9.02. The van der Waals surface area contributed by atoms with Crippen molar-refractivity contribution in [2.45, 2.75) is 70.3 Å². The van der Waals surface area contributed by atoms with Crippen molar-refractivity contribution in [1.82, 2.24) is 10.3 Å². The van der Waals surface area contributed by atoms with Gasteiger partial charge in [0.05, 0.1) is 26.4 Å². The van der Waals surface area contributed by atoms with Crippen LogP contribution in [-0.4, -0.2) is 38.3 Å². The van der Waals surface area contributed by atoms with Crippen molar-refractivity contribution in [3.8, 4) is 11.5 Å². The summed E-state index contributed by atoms with van der Waals surface area (Å²) in [5, 5.41) is 3.67. The highest BCUT2D eigenvalue weighted by molar-refractivity contribution is 5.90. The number of unbranched alkanes of at least 4 members (excludes halogenated alkanes) is 6. The number of fused-ring (bicyclic) bond motifs is 1. The lowest BCUT2D eigenvalue weighted by Crippen LogP contribution is -2.28. The Bertz CT molecular complexity index is 978. The molecule has 3 rings (SSSR count). The van der Waals surface area contributed by atoms with Crippen molar-refractivity contribution in [3.05, 3.63) is 57.5 Å². The number of H-pyrrole nitrogens is 1. The van der Waals surface area contributed by atoms with Crippen LogP contribution in [0.4, 0.5) is 0 Å². The number of hydrogen-bond donors (Lipinski definition) is 2. The summed E-state index contributed by atoms with van der Waals surface area (Å²) in [7, 11) is 3.11. The molecule has 1 heterocycles. The van der Waals surface area contributed by atoms with Crippen LogP contribution in [0.15, 0.2) is 35.1 Å². The minimum Gasteiger partial charge on any atom is -0.493 e. The molecule has 8 heteroatoms. The van der Waals surface area contributed by atoms with Crippen molar-refractivity contribution in [2.75, 3.05) is 27.4 Å². The molecule has 1 aliphatic rings. The van der Waals surface area contributed by atoms with E-state index in [0.29, 0.717) is 29.7 Å². The minimum atomic E-state index is -0.333. The first-order chi connectivity index (χ1) is 16.6. The SMILES string of the molecule is COc1ccc(C(=O)OCCCCCCCCCN[C@H]2CCCc3[nH]c(=O)ccc32)cc1OC.Cl. The normalized spacial score (nSPS) is 14.5. The second kappa shape index (κ2) is 15.5. The van der Waals surface area contributed by atoms with Crippen LogP contribution in [-0.2, 0) is 11.2 Å². The first-order valence-electron chi connectivity index (χ1n) is 12.5. The quantitative estimate of drug-likeness (QED) is 0.264. The van der Waals surface area contributed by atoms with Gasteiger partial charge < -0.3 is 24.5 Å². The second-order valence-corrected chi connectivity index (χ2v) is 8.84. The maximum Gasteiger partial charge on any atom is 0.338 e. The summed E-state index contributed by atoms with van der Waals surface area (Å²) >= 11 is 0. The lowest BCUT2D eigenvalue weighted by atomic mass is 9.91. The number of rotatable bonds is 14. The summed E-state index contributed by atoms with van der Waals surface area (Å²) in [4.78, 5) is 26.7. The molecular weight excluding hydrogens is 468 g/mol. The van der Waals surface area contributed by atoms with E-state index in [1.807, 2.05) is 6.07 Å². The molecule has 194 valence electrons. The highest BCUT2D eigenvalue weighted by Gasteiger charge is 2.19. The molecular formula is C27H39ClN2O5. The van der Waals surface area contributed by atoms with Gasteiger partial charge in [-0.3, -0.25) is 4.79 Å². The molecule has 7 nitrogen and oxygen atoms in total. The molecule has 1 aromatic heterocycles. The second-order valence-electron chi connectivity index (χ2n) is 8.84. The van der Waals surface area contributed by atoms with Crippen LogP contribution in [0.25, 0.3) is 0 Å². The van der Waals surface area contributed by atoms with E-state index in [9.17, 15) is 9.59 Å². The van der Waals surface area contributed by atoms with E-state index in [1.54, 1.807) is 38.5 Å². The molecule has 0 amide bonds. The molecule has 0 saturated heterocycles. The zero-order valence-electron chi connectivity index (χ0n) is 20.9. The lowest BCUT2D eigenvalue weighted by Gasteiger charge is -2.26. The average molecular weight is 507 g/mol. The van der Waals surface area contributed by atoms with Gasteiger partial charge in [0.1, 0.15) is 0 Å². The predicted octanol–water partition coefficient (Wildman–Crippen LogP) is 5.37. The fourth-order valence-corrected chi connectivity index (χ4v) is 4.51. The number of carbonyl (C=O) groups excluding carboxylic acids is 1. The van der Waals surface area contributed by atoms with Gasteiger partial charge in [-0.2, -0.15) is 0 Å². The number of hydrogen-bond acceptors (Lipinski definition) is 6. The number of aromatic amines is 1. The lowest BCUT2D eigenvalue weighted by molar-refractivity contribution is 0.0497. The molecule has 1 atom stereocenters. The third-order valence-corrected chi connectivity index (χ3v) is 6.40. The molecule has 2 N–H and O–H groups in total. The van der Waals surface area contributed by atoms with E-state index >= 15 is 0 Å². The molecule has 0 fully saturated rings. The number of esters is 1. The van der Waals surface area contributed by atoms with Crippen LogP contribution >= 0.6 is 12.4 Å². The maximum atomic E-state index is 12.2. The van der Waals surface area contributed by atoms with Crippen molar-refractivity contribution in [1.29, 1.82) is 0 Å². The number of nitrogens with one attached hydrogen (secondary N) is 2. The molecule has 1 aliphatic carbocycles. The number of benzene rings is 1. The third kappa shape index (κ3) is 8.89. The molecule has 35 heavy (non-hydrogen) atoms. The van der Waals surface area contributed by atoms with E-state index < -0.39 is 0 Å². The summed E-state index contributed by atoms with van der Waals surface area (Å²) in [5.74, 6) is 0.777. The molecule has 0 saturated carbocycles. The van der Waals surface area contributed by atoms with Gasteiger partial charge in [0, 0.05) is 17.8 Å². The van der Waals surface area contributed by atoms with Gasteiger partial charge in [-0.1, -0.05) is 38.2 Å². The Balaban J connectivity index is 0.00000432. The third-order valence-electron chi connectivity index (χ3n) is 6.40. The summed E-state index contributed by atoms with van der Waals surface area (Å²) in [6.45, 7) is 1.44. The molecule has 0 unspecified atom stereocenters. The van der Waals surface area contributed by atoms with E-state index in [0.717, 1.165) is 57.2 Å². The van der Waals surface area contributed by atoms with Crippen LogP contribution in [0.3, 0.4) is 0 Å². The fraction of sp³-hybridized carbons (Fsp3) is 0.556. The standard InChI is InChI=1S/C27H38N2O5.ClH/c1-32-24-15-13-20(19-25(24)33-2)27(31)34-18-9-7-5-3-4-6-8-17-28-22-11-10-12-23-21(22)14-16-26(30)29-23;/h13-16,19,22,28H,3-12,17-18H2,1-2H3,(H,29,30);1H/t22-;/m0./s1. The molecule has 0 spiro atoms. The van der Waals surface area contributed by atoms with Gasteiger partial charge in [-0.05, 0) is 62.4 Å². The van der Waals surface area contributed by atoms with Gasteiger partial charge in [-0.15, -0.1) is 12.4 Å². The topological polar surface area (TPSA) is 89.7 Å². The fourth-order valence-electron chi connectivity index (χ4n) is 4.51. The Morgan fingerprint density at radius 3 is 2.43 bits per heavy atom. The summed E-state index contributed by atoms with van der Waals surface area (Å²) in [5.41, 5.74) is 2.83. The largest absolute Gasteiger partial charge is 0.493 e. The Labute approximate surface area is 214 Å². The zero-order chi connectivity index (χ0) is 24.2. The molecule has 0 radical (unpaired) electrons. The van der Waals surface area contributed by atoms with Gasteiger partial charge in [0.25, 0.3) is 0 Å². The number of methoxy groups -OCH3 is 2. The average Bonchev–Trinajstić information content (AvgIpc) is 2.86. The number of halogens is 1. The Morgan fingerprint density at radius 2 is 1.69 bits per heavy atom. The first-order valence-corrected chi connectivity index (χ1v) is 12.5. The van der Waals surface area contributed by atoms with Gasteiger partial charge in [0.2, 0.25) is 5.56 Å². The molecule has 0 aliphatic heterocycles. The van der Waals surface area contributed by atoms with E-state index in [4.69, 9.17) is 14.2 Å². The van der Waals surface area contributed by atoms with Crippen LogP contribution in [0.1, 0.15) is 85.4 Å². The molecule has 1 aromatic carbocycles. The van der Waals surface area contributed by atoms with E-state index in [2.05, 4.69) is 10.3 Å². The van der Waals surface area contributed by atoms with Crippen LogP contribution < -0.4 is 20.3 Å². The Kier molecular flexibility index (Phi) is 12.7. The highest BCUT2D eigenvalue weighted by atomic mass is 35.5. The maximum absolute atomic E-state index is 12.2. The number of ether oxygens (including phenoxy) is 3. The van der Waals surface area contributed by atoms with Gasteiger partial charge in [0.15, 0.2) is 11.5 Å². The minimum absolute atomic E-state index is 0. The highest BCUT2D eigenvalue weighted by Crippen LogP contribution is 2.28. The van der Waals surface area contributed by atoms with Crippen molar-refractivity contribution in [3.63, 3.8) is 0 Å². The number of pyridine rings is 1. The van der Waals surface area contributed by atoms with Gasteiger partial charge in [-0.25, -0.2) is 4.79 Å². The van der Waals surface area contributed by atoms with Gasteiger partial charge >= 0.3 is 5.97 Å². The van der Waals surface area contributed by atoms with Crippen LogP contribution in [0, 0.1) is 0 Å². The van der Waals surface area contributed by atoms with Crippen molar-refractivity contribution < 1.29 is 19.0 Å². The Hall–Kier alpha value is -2.51. The predicted molar refractivity (Wildman–Crippen MR) is 140 cm³/mol. The monoisotopic (exact) mass is 506 g/mol. The number of aryl methyl sites for hydroxylation is 1. The van der Waals surface area contributed by atoms with E-state index in [1.165, 1.54) is 24.8 Å². The number of aromatic nitrogens is 1. The Morgan fingerprint density at radius 1 is 0.971 bits per heavy atom. The molecule has 0 bridgehead atoms. The van der Waals surface area contributed by atoms with Crippen molar-refractivity contribution >= 4 is 18.4 Å². The smallest absolute Gasteiger partial charge is 0.338 e. The van der Waals surface area contributed by atoms with E-state index in [-0.39, 0.29) is 23.9 Å². The molecule has 2 aromatic rings. The summed E-state index contributed by atoms with van der Waals surface area (Å²) in [6.07, 6.45) is 11.1. The van der Waals surface area contributed by atoms with Crippen LogP contribution in [0.5, 0.6) is 11.5 Å². The first kappa shape index (κ1) is 28.7. The summed E-state index contributed by atoms with van der Waals surface area (Å²) < 4.78 is 15.8. The van der Waals surface area contributed by atoms with Crippen LogP contribution in [0.2, 0.25) is 0 Å². The van der Waals surface area contributed by atoms with Crippen molar-refractivity contribution in [2.24, 2.45) is 0 Å².